The zero-order chi connectivity index (χ0) is 8.60. The third-order valence-electron chi connectivity index (χ3n) is 3.25. The molecule has 1 saturated heterocycles. The van der Waals surface area contributed by atoms with Gasteiger partial charge in [-0.2, -0.15) is 0 Å². The van der Waals surface area contributed by atoms with Crippen molar-refractivity contribution >= 4 is 6.09 Å². The first-order valence-electron chi connectivity index (χ1n) is 4.66. The van der Waals surface area contributed by atoms with Crippen molar-refractivity contribution in [1.29, 1.82) is 0 Å². The molecule has 2 rings (SSSR count). The van der Waals surface area contributed by atoms with E-state index >= 15 is 0 Å². The Hall–Kier alpha value is -0.730. The summed E-state index contributed by atoms with van der Waals surface area (Å²) < 4.78 is 4.84. The summed E-state index contributed by atoms with van der Waals surface area (Å²) in [4.78, 5) is 11.0. The summed E-state index contributed by atoms with van der Waals surface area (Å²) in [5, 5.41) is 2.93. The molecule has 0 aromatic rings. The van der Waals surface area contributed by atoms with Crippen LogP contribution in [0.2, 0.25) is 0 Å². The lowest BCUT2D eigenvalue weighted by molar-refractivity contribution is 0.0476. The minimum atomic E-state index is -0.240. The molecule has 68 valence electrons. The first kappa shape index (κ1) is 7.90. The van der Waals surface area contributed by atoms with E-state index in [1.807, 2.05) is 0 Å². The molecular weight excluding hydrogens is 154 g/mol. The van der Waals surface area contributed by atoms with Gasteiger partial charge >= 0.3 is 6.09 Å². The highest BCUT2D eigenvalue weighted by atomic mass is 16.6. The van der Waals surface area contributed by atoms with Crippen molar-refractivity contribution in [2.45, 2.75) is 38.1 Å². The number of nitrogens with one attached hydrogen (secondary N) is 1. The number of amides is 1. The van der Waals surface area contributed by atoms with Gasteiger partial charge in [-0.1, -0.05) is 6.42 Å². The Morgan fingerprint density at radius 2 is 2.33 bits per heavy atom. The van der Waals surface area contributed by atoms with Crippen LogP contribution in [0.5, 0.6) is 0 Å². The highest BCUT2D eigenvalue weighted by Crippen LogP contribution is 2.38. The predicted octanol–water partition coefficient (Wildman–Crippen LogP) is 1.68. The number of rotatable bonds is 1. The summed E-state index contributed by atoms with van der Waals surface area (Å²) in [6.45, 7) is 2.72. The van der Waals surface area contributed by atoms with E-state index in [9.17, 15) is 4.79 Å². The molecule has 0 aromatic heterocycles. The fourth-order valence-electron chi connectivity index (χ4n) is 2.04. The predicted molar refractivity (Wildman–Crippen MR) is 44.8 cm³/mol. The number of ether oxygens (including phenoxy) is 1. The quantitative estimate of drug-likeness (QED) is 0.648. The summed E-state index contributed by atoms with van der Waals surface area (Å²) in [6, 6.07) is 0. The van der Waals surface area contributed by atoms with Crippen molar-refractivity contribution in [3.8, 4) is 0 Å². The van der Waals surface area contributed by atoms with E-state index in [-0.39, 0.29) is 11.6 Å². The van der Waals surface area contributed by atoms with Gasteiger partial charge in [0.05, 0.1) is 6.61 Å². The molecule has 1 heterocycles. The van der Waals surface area contributed by atoms with Crippen LogP contribution in [0.3, 0.4) is 0 Å². The highest BCUT2D eigenvalue weighted by Gasteiger charge is 2.41. The van der Waals surface area contributed by atoms with Crippen LogP contribution in [0.1, 0.15) is 32.6 Å². The van der Waals surface area contributed by atoms with Gasteiger partial charge in [-0.05, 0) is 25.7 Å². The minimum Gasteiger partial charge on any atom is -0.449 e. The molecule has 3 heteroatoms. The molecule has 0 spiro atoms. The van der Waals surface area contributed by atoms with E-state index < -0.39 is 0 Å². The maximum Gasteiger partial charge on any atom is 0.407 e. The summed E-state index contributed by atoms with van der Waals surface area (Å²) in [5.74, 6) is 0.686. The first-order valence-corrected chi connectivity index (χ1v) is 4.66. The minimum absolute atomic E-state index is 0.0214. The van der Waals surface area contributed by atoms with Crippen molar-refractivity contribution in [2.24, 2.45) is 5.92 Å². The number of carbonyl (C=O) groups excluding carboxylic acids is 1. The van der Waals surface area contributed by atoms with Gasteiger partial charge in [0, 0.05) is 12.0 Å². The standard InChI is InChI=1S/C9H15NO2/c1-9(7-3-2-4-7)5-6-12-8(11)10-9/h7H,2-6H2,1H3,(H,10,11). The van der Waals surface area contributed by atoms with Gasteiger partial charge in [0.15, 0.2) is 0 Å². The second-order valence-corrected chi connectivity index (χ2v) is 4.06. The van der Waals surface area contributed by atoms with E-state index in [2.05, 4.69) is 12.2 Å². The fourth-order valence-corrected chi connectivity index (χ4v) is 2.04. The normalized spacial score (nSPS) is 36.6. The molecule has 1 amide bonds. The van der Waals surface area contributed by atoms with Crippen LogP contribution in [0.4, 0.5) is 4.79 Å². The van der Waals surface area contributed by atoms with E-state index in [0.717, 1.165) is 6.42 Å². The van der Waals surface area contributed by atoms with Gasteiger partial charge in [-0.3, -0.25) is 0 Å². The van der Waals surface area contributed by atoms with Crippen LogP contribution in [0.25, 0.3) is 0 Å². The van der Waals surface area contributed by atoms with E-state index in [4.69, 9.17) is 4.74 Å². The Morgan fingerprint density at radius 1 is 1.58 bits per heavy atom. The van der Waals surface area contributed by atoms with Crippen molar-refractivity contribution in [3.63, 3.8) is 0 Å². The Kier molecular flexibility index (Phi) is 1.74. The molecule has 2 fully saturated rings. The molecule has 1 aliphatic carbocycles. The topological polar surface area (TPSA) is 38.3 Å². The van der Waals surface area contributed by atoms with Crippen LogP contribution in [-0.4, -0.2) is 18.2 Å². The number of cyclic esters (lactones) is 1. The van der Waals surface area contributed by atoms with E-state index in [0.29, 0.717) is 12.5 Å². The lowest BCUT2D eigenvalue weighted by atomic mass is 9.70. The molecule has 3 nitrogen and oxygen atoms in total. The maximum absolute atomic E-state index is 11.0. The first-order chi connectivity index (χ1) is 5.71. The van der Waals surface area contributed by atoms with Gasteiger partial charge in [0.1, 0.15) is 0 Å². The van der Waals surface area contributed by atoms with Crippen molar-refractivity contribution in [3.05, 3.63) is 0 Å². The third kappa shape index (κ3) is 1.17. The lowest BCUT2D eigenvalue weighted by Crippen LogP contribution is -2.57. The van der Waals surface area contributed by atoms with Crippen molar-refractivity contribution in [2.75, 3.05) is 6.61 Å². The van der Waals surface area contributed by atoms with E-state index in [1.165, 1.54) is 19.3 Å². The maximum atomic E-state index is 11.0. The summed E-state index contributed by atoms with van der Waals surface area (Å²) in [7, 11) is 0. The molecule has 1 aliphatic heterocycles. The largest absolute Gasteiger partial charge is 0.449 e. The molecule has 0 radical (unpaired) electrons. The van der Waals surface area contributed by atoms with Crippen molar-refractivity contribution in [1.82, 2.24) is 5.32 Å². The van der Waals surface area contributed by atoms with Crippen molar-refractivity contribution < 1.29 is 9.53 Å². The number of carbonyl (C=O) groups is 1. The Labute approximate surface area is 72.5 Å². The van der Waals surface area contributed by atoms with Crippen LogP contribution < -0.4 is 5.32 Å². The second-order valence-electron chi connectivity index (χ2n) is 4.06. The van der Waals surface area contributed by atoms with Gasteiger partial charge in [0.25, 0.3) is 0 Å². The highest BCUT2D eigenvalue weighted by molar-refractivity contribution is 5.69. The monoisotopic (exact) mass is 169 g/mol. The third-order valence-corrected chi connectivity index (χ3v) is 3.25. The summed E-state index contributed by atoms with van der Waals surface area (Å²) in [6.07, 6.45) is 4.56. The van der Waals surface area contributed by atoms with Gasteiger partial charge in [-0.25, -0.2) is 4.79 Å². The number of hydrogen-bond acceptors (Lipinski definition) is 2. The number of hydrogen-bond donors (Lipinski definition) is 1. The van der Waals surface area contributed by atoms with Crippen LogP contribution in [0, 0.1) is 5.92 Å². The van der Waals surface area contributed by atoms with Crippen LogP contribution >= 0.6 is 0 Å². The molecular formula is C9H15NO2. The lowest BCUT2D eigenvalue weighted by Gasteiger charge is -2.45. The molecule has 2 aliphatic rings. The Morgan fingerprint density at radius 3 is 2.83 bits per heavy atom. The fraction of sp³-hybridized carbons (Fsp3) is 0.889. The van der Waals surface area contributed by atoms with Gasteiger partial charge in [-0.15, -0.1) is 0 Å². The summed E-state index contributed by atoms with van der Waals surface area (Å²) >= 11 is 0. The molecule has 12 heavy (non-hydrogen) atoms. The average molecular weight is 169 g/mol. The summed E-state index contributed by atoms with van der Waals surface area (Å²) in [5.41, 5.74) is 0.0214. The van der Waals surface area contributed by atoms with Crippen LogP contribution in [-0.2, 0) is 4.74 Å². The number of alkyl carbamates (subject to hydrolysis) is 1. The zero-order valence-electron chi connectivity index (χ0n) is 7.43. The van der Waals surface area contributed by atoms with Crippen LogP contribution in [0.15, 0.2) is 0 Å². The average Bonchev–Trinajstić information content (AvgIpc) is 1.79. The Balaban J connectivity index is 2.02. The van der Waals surface area contributed by atoms with Gasteiger partial charge in [0.2, 0.25) is 0 Å². The second kappa shape index (κ2) is 2.64. The molecule has 1 atom stereocenters. The Bertz CT molecular complexity index is 201. The molecule has 0 bridgehead atoms. The smallest absolute Gasteiger partial charge is 0.407 e. The molecule has 1 saturated carbocycles. The SMILES string of the molecule is CC1(C2CCC2)CCOC(=O)N1. The molecule has 0 aromatic carbocycles. The molecule has 1 N–H and O–H groups in total. The molecule has 1 unspecified atom stereocenters. The van der Waals surface area contributed by atoms with E-state index in [1.54, 1.807) is 0 Å². The zero-order valence-corrected chi connectivity index (χ0v) is 7.43. The van der Waals surface area contributed by atoms with Gasteiger partial charge < -0.3 is 10.1 Å².